The molecule has 0 aliphatic carbocycles. The van der Waals surface area contributed by atoms with E-state index in [2.05, 4.69) is 26.7 Å². The minimum absolute atomic E-state index is 0.486. The summed E-state index contributed by atoms with van der Waals surface area (Å²) in [6.07, 6.45) is 4.01. The highest BCUT2D eigenvalue weighted by Gasteiger charge is 2.33. The average Bonchev–Trinajstić information content (AvgIpc) is 2.36. The van der Waals surface area contributed by atoms with Crippen molar-refractivity contribution >= 4 is 17.4 Å². The van der Waals surface area contributed by atoms with Crippen molar-refractivity contribution in [2.75, 3.05) is 24.5 Å². The molecule has 2 fully saturated rings. The van der Waals surface area contributed by atoms with Gasteiger partial charge in [-0.3, -0.25) is 4.90 Å². The number of anilines is 1. The Balaban J connectivity index is 1.83. The highest BCUT2D eigenvalue weighted by molar-refractivity contribution is 6.29. The topological polar surface area (TPSA) is 32.3 Å². The van der Waals surface area contributed by atoms with E-state index >= 15 is 0 Å². The standard InChI is InChI=1S/C14H21ClN4/c1-10-8-18-6-4-3-5-12(18)9-19(10)14-7-13(15)16-11(2)17-14/h7,10,12H,3-6,8-9H2,1-2H3. The average molecular weight is 281 g/mol. The van der Waals surface area contributed by atoms with Gasteiger partial charge in [0.1, 0.15) is 16.8 Å². The van der Waals surface area contributed by atoms with E-state index in [1.165, 1.54) is 25.8 Å². The van der Waals surface area contributed by atoms with Gasteiger partial charge in [-0.25, -0.2) is 9.97 Å². The summed E-state index contributed by atoms with van der Waals surface area (Å²) < 4.78 is 0. The summed E-state index contributed by atoms with van der Waals surface area (Å²) in [5.74, 6) is 1.73. The smallest absolute Gasteiger partial charge is 0.134 e. The van der Waals surface area contributed by atoms with Gasteiger partial charge in [0, 0.05) is 31.2 Å². The van der Waals surface area contributed by atoms with Crippen molar-refractivity contribution in [3.05, 3.63) is 17.0 Å². The highest BCUT2D eigenvalue weighted by atomic mass is 35.5. The van der Waals surface area contributed by atoms with Gasteiger partial charge >= 0.3 is 0 Å². The van der Waals surface area contributed by atoms with Crippen LogP contribution in [0, 0.1) is 6.92 Å². The third-order valence-corrected chi connectivity index (χ3v) is 4.47. The Morgan fingerprint density at radius 3 is 2.89 bits per heavy atom. The van der Waals surface area contributed by atoms with Crippen molar-refractivity contribution in [2.45, 2.75) is 45.2 Å². The molecule has 1 aromatic heterocycles. The maximum atomic E-state index is 6.07. The normalized spacial score (nSPS) is 28.3. The van der Waals surface area contributed by atoms with Gasteiger partial charge in [0.2, 0.25) is 0 Å². The summed E-state index contributed by atoms with van der Waals surface area (Å²) in [7, 11) is 0. The van der Waals surface area contributed by atoms with E-state index in [4.69, 9.17) is 11.6 Å². The molecule has 3 heterocycles. The van der Waals surface area contributed by atoms with Crippen LogP contribution in [-0.2, 0) is 0 Å². The predicted molar refractivity (Wildman–Crippen MR) is 77.8 cm³/mol. The van der Waals surface area contributed by atoms with Crippen LogP contribution in [0.3, 0.4) is 0 Å². The number of halogens is 1. The van der Waals surface area contributed by atoms with Crippen LogP contribution in [0.25, 0.3) is 0 Å². The number of aryl methyl sites for hydroxylation is 1. The minimum atomic E-state index is 0.486. The Labute approximate surface area is 119 Å². The molecule has 104 valence electrons. The van der Waals surface area contributed by atoms with Gasteiger partial charge in [0.25, 0.3) is 0 Å². The van der Waals surface area contributed by atoms with Gasteiger partial charge < -0.3 is 4.90 Å². The second kappa shape index (κ2) is 5.25. The minimum Gasteiger partial charge on any atom is -0.351 e. The van der Waals surface area contributed by atoms with Crippen molar-refractivity contribution < 1.29 is 0 Å². The summed E-state index contributed by atoms with van der Waals surface area (Å²) >= 11 is 6.07. The maximum Gasteiger partial charge on any atom is 0.134 e. The van der Waals surface area contributed by atoms with Gasteiger partial charge in [0.15, 0.2) is 0 Å². The van der Waals surface area contributed by atoms with Gasteiger partial charge in [-0.15, -0.1) is 0 Å². The highest BCUT2D eigenvalue weighted by Crippen LogP contribution is 2.27. The number of nitrogens with zero attached hydrogens (tertiary/aromatic N) is 4. The quantitative estimate of drug-likeness (QED) is 0.740. The van der Waals surface area contributed by atoms with E-state index in [1.54, 1.807) is 0 Å². The molecule has 2 atom stereocenters. The van der Waals surface area contributed by atoms with Crippen LogP contribution in [0.2, 0.25) is 5.15 Å². The number of aromatic nitrogens is 2. The molecule has 19 heavy (non-hydrogen) atoms. The Morgan fingerprint density at radius 1 is 1.26 bits per heavy atom. The Bertz CT molecular complexity index is 445. The predicted octanol–water partition coefficient (Wildman–Crippen LogP) is 2.50. The fraction of sp³-hybridized carbons (Fsp3) is 0.714. The first-order valence-electron chi connectivity index (χ1n) is 7.15. The zero-order valence-electron chi connectivity index (χ0n) is 11.6. The molecule has 5 heteroatoms. The van der Waals surface area contributed by atoms with Gasteiger partial charge in [-0.2, -0.15) is 0 Å². The third-order valence-electron chi connectivity index (χ3n) is 4.27. The van der Waals surface area contributed by atoms with Crippen molar-refractivity contribution in [1.82, 2.24) is 14.9 Å². The molecule has 2 aliphatic heterocycles. The van der Waals surface area contributed by atoms with E-state index in [-0.39, 0.29) is 0 Å². The van der Waals surface area contributed by atoms with Crippen LogP contribution < -0.4 is 4.90 Å². The monoisotopic (exact) mass is 280 g/mol. The molecule has 0 bridgehead atoms. The van der Waals surface area contributed by atoms with Crippen molar-refractivity contribution in [1.29, 1.82) is 0 Å². The molecule has 2 unspecified atom stereocenters. The molecule has 0 N–H and O–H groups in total. The van der Waals surface area contributed by atoms with Crippen LogP contribution in [0.15, 0.2) is 6.07 Å². The SMILES string of the molecule is Cc1nc(Cl)cc(N2CC3CCCCN3CC2C)n1. The first-order chi connectivity index (χ1) is 9.13. The summed E-state index contributed by atoms with van der Waals surface area (Å²) in [5.41, 5.74) is 0. The van der Waals surface area contributed by atoms with Gasteiger partial charge in [-0.05, 0) is 33.2 Å². The zero-order chi connectivity index (χ0) is 13.4. The molecule has 4 nitrogen and oxygen atoms in total. The van der Waals surface area contributed by atoms with E-state index in [1.807, 2.05) is 13.0 Å². The van der Waals surface area contributed by atoms with E-state index in [0.717, 1.165) is 24.7 Å². The number of hydrogen-bond donors (Lipinski definition) is 0. The van der Waals surface area contributed by atoms with Crippen LogP contribution >= 0.6 is 11.6 Å². The van der Waals surface area contributed by atoms with Crippen molar-refractivity contribution in [3.63, 3.8) is 0 Å². The zero-order valence-corrected chi connectivity index (χ0v) is 12.4. The summed E-state index contributed by atoms with van der Waals surface area (Å²) in [5, 5.41) is 0.542. The molecular weight excluding hydrogens is 260 g/mol. The molecule has 2 aliphatic rings. The maximum absolute atomic E-state index is 6.07. The Kier molecular flexibility index (Phi) is 3.63. The van der Waals surface area contributed by atoms with Crippen LogP contribution in [0.4, 0.5) is 5.82 Å². The van der Waals surface area contributed by atoms with E-state index in [9.17, 15) is 0 Å². The summed E-state index contributed by atoms with van der Waals surface area (Å²) in [6, 6.07) is 3.06. The molecular formula is C14H21ClN4. The lowest BCUT2D eigenvalue weighted by Crippen LogP contribution is -2.59. The van der Waals surface area contributed by atoms with Gasteiger partial charge in [0.05, 0.1) is 0 Å². The number of hydrogen-bond acceptors (Lipinski definition) is 4. The molecule has 0 spiro atoms. The molecule has 2 saturated heterocycles. The second-order valence-corrected chi connectivity index (χ2v) is 6.13. The lowest BCUT2D eigenvalue weighted by atomic mass is 9.97. The second-order valence-electron chi connectivity index (χ2n) is 5.74. The lowest BCUT2D eigenvalue weighted by Gasteiger charge is -2.48. The molecule has 0 aromatic carbocycles. The van der Waals surface area contributed by atoms with Gasteiger partial charge in [-0.1, -0.05) is 18.0 Å². The number of fused-ring (bicyclic) bond motifs is 1. The summed E-state index contributed by atoms with van der Waals surface area (Å²) in [6.45, 7) is 7.62. The number of piperidine rings is 1. The van der Waals surface area contributed by atoms with Crippen LogP contribution in [-0.4, -0.2) is 46.6 Å². The van der Waals surface area contributed by atoms with Crippen LogP contribution in [0.1, 0.15) is 32.0 Å². The van der Waals surface area contributed by atoms with E-state index in [0.29, 0.717) is 17.2 Å². The third kappa shape index (κ3) is 2.70. The fourth-order valence-electron chi connectivity index (χ4n) is 3.33. The Morgan fingerprint density at radius 2 is 2.11 bits per heavy atom. The first kappa shape index (κ1) is 13.1. The molecule has 3 rings (SSSR count). The van der Waals surface area contributed by atoms with Crippen LogP contribution in [0.5, 0.6) is 0 Å². The number of piperazine rings is 1. The molecule has 0 radical (unpaired) electrons. The number of rotatable bonds is 1. The molecule has 0 amide bonds. The van der Waals surface area contributed by atoms with E-state index < -0.39 is 0 Å². The fourth-order valence-corrected chi connectivity index (χ4v) is 3.55. The first-order valence-corrected chi connectivity index (χ1v) is 7.53. The largest absolute Gasteiger partial charge is 0.351 e. The molecule has 0 saturated carbocycles. The summed E-state index contributed by atoms with van der Waals surface area (Å²) in [4.78, 5) is 13.7. The molecule has 1 aromatic rings. The lowest BCUT2D eigenvalue weighted by molar-refractivity contribution is 0.115. The van der Waals surface area contributed by atoms with Crippen molar-refractivity contribution in [2.24, 2.45) is 0 Å². The van der Waals surface area contributed by atoms with Crippen molar-refractivity contribution in [3.8, 4) is 0 Å². The Hall–Kier alpha value is -0.870.